The van der Waals surface area contributed by atoms with Gasteiger partial charge < -0.3 is 10.8 Å². The fourth-order valence-electron chi connectivity index (χ4n) is 0.786. The second-order valence-electron chi connectivity index (χ2n) is 2.44. The van der Waals surface area contributed by atoms with Crippen molar-refractivity contribution in [3.05, 3.63) is 28.2 Å². The molecule has 0 saturated carbocycles. The molecule has 0 aliphatic carbocycles. The van der Waals surface area contributed by atoms with Gasteiger partial charge in [-0.1, -0.05) is 0 Å². The van der Waals surface area contributed by atoms with Crippen molar-refractivity contribution in [2.45, 2.75) is 0 Å². The molecular weight excluding hydrogens is 266 g/mol. The predicted molar refractivity (Wildman–Crippen MR) is 63.3 cm³/mol. The topological polar surface area (TPSA) is 70.6 Å². The number of aromatic hydroxyl groups is 1. The lowest BCUT2D eigenvalue weighted by molar-refractivity contribution is 0.475. The van der Waals surface area contributed by atoms with Gasteiger partial charge >= 0.3 is 0 Å². The van der Waals surface area contributed by atoms with E-state index in [1.807, 2.05) is 0 Å². The number of thiocarbonyl (C=S) groups is 1. The lowest BCUT2D eigenvalue weighted by Crippen LogP contribution is -2.24. The molecule has 1 aromatic rings. The molecule has 4 nitrogen and oxygen atoms in total. The van der Waals surface area contributed by atoms with Crippen LogP contribution in [-0.2, 0) is 0 Å². The summed E-state index contributed by atoms with van der Waals surface area (Å²) in [6, 6.07) is 4.85. The van der Waals surface area contributed by atoms with Crippen LogP contribution in [0.1, 0.15) is 5.56 Å². The monoisotopic (exact) mass is 273 g/mol. The summed E-state index contributed by atoms with van der Waals surface area (Å²) in [6.45, 7) is 0. The highest BCUT2D eigenvalue weighted by molar-refractivity contribution is 9.10. The third-order valence-electron chi connectivity index (χ3n) is 1.36. The molecule has 1 rings (SSSR count). The average molecular weight is 274 g/mol. The van der Waals surface area contributed by atoms with E-state index >= 15 is 0 Å². The number of hydrogen-bond acceptors (Lipinski definition) is 3. The lowest BCUT2D eigenvalue weighted by Gasteiger charge is -1.99. The van der Waals surface area contributed by atoms with Crippen LogP contribution < -0.4 is 11.2 Å². The van der Waals surface area contributed by atoms with E-state index in [9.17, 15) is 0 Å². The Balaban J connectivity index is 2.76. The Morgan fingerprint density at radius 3 is 2.93 bits per heavy atom. The van der Waals surface area contributed by atoms with Gasteiger partial charge in [0.25, 0.3) is 0 Å². The minimum atomic E-state index is 0.108. The predicted octanol–water partition coefficient (Wildman–Crippen LogP) is 1.32. The molecule has 6 heteroatoms. The van der Waals surface area contributed by atoms with Crippen molar-refractivity contribution in [3.63, 3.8) is 0 Å². The van der Waals surface area contributed by atoms with Gasteiger partial charge in [-0.3, -0.25) is 5.43 Å². The first-order valence-electron chi connectivity index (χ1n) is 3.66. The number of phenolic OH excluding ortho intramolecular Hbond substituents is 1. The minimum absolute atomic E-state index is 0.108. The molecule has 0 radical (unpaired) electrons. The summed E-state index contributed by atoms with van der Waals surface area (Å²) in [5.74, 6) is 0.191. The Hall–Kier alpha value is -1.14. The highest BCUT2D eigenvalue weighted by atomic mass is 79.9. The SMILES string of the molecule is NC(=S)NN=Cc1ccc(O)cc1Br. The maximum atomic E-state index is 9.12. The highest BCUT2D eigenvalue weighted by Gasteiger charge is 1.97. The third-order valence-corrected chi connectivity index (χ3v) is 2.14. The minimum Gasteiger partial charge on any atom is -0.508 e. The smallest absolute Gasteiger partial charge is 0.184 e. The Kier molecular flexibility index (Phi) is 3.84. The first-order chi connectivity index (χ1) is 6.59. The lowest BCUT2D eigenvalue weighted by atomic mass is 10.2. The van der Waals surface area contributed by atoms with Crippen LogP contribution in [0.2, 0.25) is 0 Å². The normalized spacial score (nSPS) is 10.4. The Morgan fingerprint density at radius 2 is 2.36 bits per heavy atom. The molecule has 0 amide bonds. The van der Waals surface area contributed by atoms with E-state index in [0.717, 1.165) is 10.0 Å². The molecule has 1 aromatic carbocycles. The van der Waals surface area contributed by atoms with E-state index in [4.69, 9.17) is 10.8 Å². The maximum Gasteiger partial charge on any atom is 0.184 e. The van der Waals surface area contributed by atoms with Gasteiger partial charge in [-0.2, -0.15) is 5.10 Å². The molecule has 0 aromatic heterocycles. The Bertz CT molecular complexity index is 381. The summed E-state index contributed by atoms with van der Waals surface area (Å²) >= 11 is 7.84. The van der Waals surface area contributed by atoms with Gasteiger partial charge in [-0.25, -0.2) is 0 Å². The zero-order valence-corrected chi connectivity index (χ0v) is 9.47. The molecular formula is C8H8BrN3OS. The van der Waals surface area contributed by atoms with E-state index in [1.54, 1.807) is 24.4 Å². The number of hydrogen-bond donors (Lipinski definition) is 3. The Morgan fingerprint density at radius 1 is 1.64 bits per heavy atom. The molecule has 0 atom stereocenters. The average Bonchev–Trinajstić information content (AvgIpc) is 2.08. The fraction of sp³-hybridized carbons (Fsp3) is 0. The van der Waals surface area contributed by atoms with Gasteiger partial charge in [-0.05, 0) is 46.3 Å². The molecule has 0 fully saturated rings. The molecule has 0 heterocycles. The van der Waals surface area contributed by atoms with Gasteiger partial charge in [-0.15, -0.1) is 0 Å². The van der Waals surface area contributed by atoms with Crippen molar-refractivity contribution in [1.29, 1.82) is 0 Å². The summed E-state index contributed by atoms with van der Waals surface area (Å²) < 4.78 is 0.742. The van der Waals surface area contributed by atoms with Gasteiger partial charge in [0.2, 0.25) is 0 Å². The largest absolute Gasteiger partial charge is 0.508 e. The number of benzene rings is 1. The third kappa shape index (κ3) is 3.31. The van der Waals surface area contributed by atoms with Crippen LogP contribution in [0.5, 0.6) is 5.75 Å². The van der Waals surface area contributed by atoms with E-state index in [1.165, 1.54) is 0 Å². The molecule has 0 unspecified atom stereocenters. The molecule has 0 bridgehead atoms. The Labute approximate surface area is 94.9 Å². The molecule has 14 heavy (non-hydrogen) atoms. The van der Waals surface area contributed by atoms with Gasteiger partial charge in [0.15, 0.2) is 5.11 Å². The summed E-state index contributed by atoms with van der Waals surface area (Å²) in [5.41, 5.74) is 8.42. The van der Waals surface area contributed by atoms with E-state index in [-0.39, 0.29) is 10.9 Å². The maximum absolute atomic E-state index is 9.12. The van der Waals surface area contributed by atoms with Gasteiger partial charge in [0, 0.05) is 10.0 Å². The van der Waals surface area contributed by atoms with Crippen LogP contribution in [0.25, 0.3) is 0 Å². The van der Waals surface area contributed by atoms with Crippen LogP contribution in [0.3, 0.4) is 0 Å². The van der Waals surface area contributed by atoms with Crippen LogP contribution in [0, 0.1) is 0 Å². The van der Waals surface area contributed by atoms with E-state index < -0.39 is 0 Å². The summed E-state index contributed by atoms with van der Waals surface area (Å²) in [7, 11) is 0. The molecule has 0 saturated heterocycles. The highest BCUT2D eigenvalue weighted by Crippen LogP contribution is 2.20. The number of nitrogens with one attached hydrogen (secondary N) is 1. The number of halogens is 1. The van der Waals surface area contributed by atoms with Crippen LogP contribution in [0.4, 0.5) is 0 Å². The van der Waals surface area contributed by atoms with Crippen LogP contribution >= 0.6 is 28.1 Å². The molecule has 0 aliphatic rings. The first-order valence-corrected chi connectivity index (χ1v) is 4.87. The first kappa shape index (κ1) is 10.9. The zero-order valence-electron chi connectivity index (χ0n) is 7.07. The van der Waals surface area contributed by atoms with Gasteiger partial charge in [0.05, 0.1) is 6.21 Å². The van der Waals surface area contributed by atoms with Gasteiger partial charge in [0.1, 0.15) is 5.75 Å². The van der Waals surface area contributed by atoms with E-state index in [0.29, 0.717) is 0 Å². The molecule has 4 N–H and O–H groups in total. The summed E-state index contributed by atoms with van der Waals surface area (Å²) in [5, 5.41) is 13.0. The van der Waals surface area contributed by atoms with Crippen molar-refractivity contribution in [2.24, 2.45) is 10.8 Å². The quantitative estimate of drug-likeness (QED) is 0.432. The number of phenols is 1. The van der Waals surface area contributed by atoms with Crippen molar-refractivity contribution in [2.75, 3.05) is 0 Å². The number of nitrogens with zero attached hydrogens (tertiary/aromatic N) is 1. The van der Waals surface area contributed by atoms with Crippen molar-refractivity contribution < 1.29 is 5.11 Å². The van der Waals surface area contributed by atoms with Crippen molar-refractivity contribution in [1.82, 2.24) is 5.43 Å². The second kappa shape index (κ2) is 4.92. The van der Waals surface area contributed by atoms with E-state index in [2.05, 4.69) is 38.7 Å². The number of hydrazone groups is 1. The summed E-state index contributed by atoms with van der Waals surface area (Å²) in [6.07, 6.45) is 1.54. The summed E-state index contributed by atoms with van der Waals surface area (Å²) in [4.78, 5) is 0. The van der Waals surface area contributed by atoms with Crippen molar-refractivity contribution in [3.8, 4) is 5.75 Å². The molecule has 74 valence electrons. The molecule has 0 spiro atoms. The van der Waals surface area contributed by atoms with Crippen LogP contribution in [0.15, 0.2) is 27.8 Å². The zero-order chi connectivity index (χ0) is 10.6. The molecule has 0 aliphatic heterocycles. The van der Waals surface area contributed by atoms with Crippen LogP contribution in [-0.4, -0.2) is 16.4 Å². The fourth-order valence-corrected chi connectivity index (χ4v) is 1.31. The number of rotatable bonds is 2. The standard InChI is InChI=1S/C8H8BrN3OS/c9-7-3-6(13)2-1-5(7)4-11-12-8(10)14/h1-4,13H,(H3,10,12,14). The second-order valence-corrected chi connectivity index (χ2v) is 3.73. The number of nitrogens with two attached hydrogens (primary N) is 1. The van der Waals surface area contributed by atoms with Crippen molar-refractivity contribution >= 4 is 39.5 Å².